The zero-order chi connectivity index (χ0) is 20.3. The lowest BCUT2D eigenvalue weighted by Crippen LogP contribution is -2.29. The van der Waals surface area contributed by atoms with Crippen LogP contribution in [-0.2, 0) is 0 Å². The van der Waals surface area contributed by atoms with Gasteiger partial charge in [-0.2, -0.15) is 4.98 Å². The summed E-state index contributed by atoms with van der Waals surface area (Å²) in [6.07, 6.45) is 6.19. The fourth-order valence-corrected chi connectivity index (χ4v) is 3.61. The van der Waals surface area contributed by atoms with Gasteiger partial charge in [0.1, 0.15) is 11.4 Å². The number of anilines is 2. The van der Waals surface area contributed by atoms with Gasteiger partial charge in [0, 0.05) is 24.4 Å². The predicted octanol–water partition coefficient (Wildman–Crippen LogP) is 1.85. The molecular weight excluding hydrogens is 368 g/mol. The van der Waals surface area contributed by atoms with Crippen LogP contribution in [0.3, 0.4) is 0 Å². The Kier molecular flexibility index (Phi) is 5.34. The molecule has 0 unspecified atom stereocenters. The molecule has 29 heavy (non-hydrogen) atoms. The molecule has 1 saturated carbocycles. The fourth-order valence-electron chi connectivity index (χ4n) is 3.61. The highest BCUT2D eigenvalue weighted by atomic mass is 16.3. The second kappa shape index (κ2) is 8.07. The maximum Gasteiger partial charge on any atom is 0.221 e. The van der Waals surface area contributed by atoms with Crippen LogP contribution in [0.2, 0.25) is 0 Å². The molecule has 0 amide bonds. The summed E-state index contributed by atoms with van der Waals surface area (Å²) in [6.45, 7) is 0.327. The van der Waals surface area contributed by atoms with Crippen LogP contribution >= 0.6 is 0 Å². The predicted molar refractivity (Wildman–Crippen MR) is 112 cm³/mol. The van der Waals surface area contributed by atoms with Gasteiger partial charge in [-0.1, -0.05) is 18.3 Å². The average molecular weight is 392 g/mol. The van der Waals surface area contributed by atoms with Crippen LogP contribution in [0.1, 0.15) is 37.7 Å². The Morgan fingerprint density at radius 2 is 2.00 bits per heavy atom. The smallest absolute Gasteiger partial charge is 0.221 e. The number of nitrogens with two attached hydrogens (primary N) is 1. The number of aliphatic hydroxyl groups is 2. The van der Waals surface area contributed by atoms with Gasteiger partial charge < -0.3 is 21.3 Å². The van der Waals surface area contributed by atoms with E-state index in [0.29, 0.717) is 18.3 Å². The van der Waals surface area contributed by atoms with Crippen molar-refractivity contribution in [3.63, 3.8) is 0 Å². The van der Waals surface area contributed by atoms with Crippen LogP contribution in [0, 0.1) is 11.8 Å². The van der Waals surface area contributed by atoms with Crippen LogP contribution in [0.15, 0.2) is 30.5 Å². The number of hydrogen-bond donors (Lipinski definition) is 4. The molecule has 0 radical (unpaired) electrons. The van der Waals surface area contributed by atoms with E-state index in [1.165, 1.54) is 0 Å². The van der Waals surface area contributed by atoms with Gasteiger partial charge in [-0.25, -0.2) is 9.97 Å². The van der Waals surface area contributed by atoms with Gasteiger partial charge in [0.2, 0.25) is 11.9 Å². The maximum atomic E-state index is 10.7. The number of benzene rings is 1. The third-order valence-corrected chi connectivity index (χ3v) is 5.06. The topological polar surface area (TPSA) is 122 Å². The first kappa shape index (κ1) is 19.2. The second-order valence-corrected chi connectivity index (χ2v) is 7.24. The summed E-state index contributed by atoms with van der Waals surface area (Å²) in [6, 6.07) is 7.44. The summed E-state index contributed by atoms with van der Waals surface area (Å²) in [7, 11) is 0. The number of rotatable bonds is 4. The number of nitrogens with zero attached hydrogens (tertiary/aromatic N) is 4. The number of nitrogens with one attached hydrogen (secondary N) is 1. The van der Waals surface area contributed by atoms with E-state index in [-0.39, 0.29) is 12.6 Å². The summed E-state index contributed by atoms with van der Waals surface area (Å²) < 4.78 is 1.82. The molecule has 0 aliphatic heterocycles. The van der Waals surface area contributed by atoms with Gasteiger partial charge in [0.15, 0.2) is 0 Å². The van der Waals surface area contributed by atoms with Crippen LogP contribution in [-0.4, -0.2) is 48.5 Å². The van der Waals surface area contributed by atoms with Gasteiger partial charge in [0.25, 0.3) is 0 Å². The number of aliphatic hydroxyl groups excluding tert-OH is 1. The van der Waals surface area contributed by atoms with E-state index in [9.17, 15) is 10.2 Å². The largest absolute Gasteiger partial charge is 0.395 e. The number of aromatic nitrogens is 4. The fraction of sp³-hybridized carbons (Fsp3) is 0.381. The molecule has 0 saturated heterocycles. The Balaban J connectivity index is 1.78. The highest BCUT2D eigenvalue weighted by Crippen LogP contribution is 2.28. The molecule has 8 heteroatoms. The minimum Gasteiger partial charge on any atom is -0.395 e. The molecule has 1 fully saturated rings. The van der Waals surface area contributed by atoms with Crippen molar-refractivity contribution in [3.05, 3.63) is 36.0 Å². The molecule has 2 heterocycles. The molecule has 0 bridgehead atoms. The lowest BCUT2D eigenvalue weighted by molar-refractivity contribution is 0.0610. The van der Waals surface area contributed by atoms with Crippen molar-refractivity contribution in [3.8, 4) is 17.7 Å². The molecule has 0 atom stereocenters. The van der Waals surface area contributed by atoms with Crippen molar-refractivity contribution < 1.29 is 10.2 Å². The molecule has 1 aliphatic carbocycles. The Bertz CT molecular complexity index is 1080. The van der Waals surface area contributed by atoms with Gasteiger partial charge >= 0.3 is 0 Å². The van der Waals surface area contributed by atoms with E-state index in [2.05, 4.69) is 32.1 Å². The second-order valence-electron chi connectivity index (χ2n) is 7.24. The van der Waals surface area contributed by atoms with E-state index in [1.807, 2.05) is 22.8 Å². The van der Waals surface area contributed by atoms with Gasteiger partial charge in [-0.15, -0.1) is 0 Å². The summed E-state index contributed by atoms with van der Waals surface area (Å²) in [4.78, 5) is 12.9. The van der Waals surface area contributed by atoms with Crippen molar-refractivity contribution in [1.82, 2.24) is 19.5 Å². The Hall–Kier alpha value is -3.15. The average Bonchev–Trinajstić information content (AvgIpc) is 3.09. The molecule has 2 aromatic heterocycles. The van der Waals surface area contributed by atoms with Gasteiger partial charge in [-0.05, 0) is 43.9 Å². The minimum absolute atomic E-state index is 0.0234. The highest BCUT2D eigenvalue weighted by molar-refractivity contribution is 5.82. The van der Waals surface area contributed by atoms with Crippen LogP contribution in [0.25, 0.3) is 16.9 Å². The highest BCUT2D eigenvalue weighted by Gasteiger charge is 2.26. The Morgan fingerprint density at radius 3 is 2.76 bits per heavy atom. The van der Waals surface area contributed by atoms with Crippen molar-refractivity contribution in [2.24, 2.45) is 0 Å². The third-order valence-electron chi connectivity index (χ3n) is 5.06. The van der Waals surface area contributed by atoms with Crippen molar-refractivity contribution in [2.75, 3.05) is 24.2 Å². The first-order valence-electron chi connectivity index (χ1n) is 9.80. The zero-order valence-electron chi connectivity index (χ0n) is 16.1. The normalized spacial score (nSPS) is 15.7. The summed E-state index contributed by atoms with van der Waals surface area (Å²) in [5, 5.41) is 22.9. The first-order valence-corrected chi connectivity index (χ1v) is 9.80. The van der Waals surface area contributed by atoms with Crippen LogP contribution in [0.5, 0.6) is 0 Å². The lowest BCUT2D eigenvalue weighted by atomic mass is 9.85. The molecule has 1 aromatic carbocycles. The van der Waals surface area contributed by atoms with Crippen LogP contribution < -0.4 is 11.1 Å². The molecule has 1 aliphatic rings. The minimum atomic E-state index is -0.900. The molecule has 4 rings (SSSR count). The van der Waals surface area contributed by atoms with Crippen molar-refractivity contribution in [2.45, 2.75) is 37.7 Å². The molecule has 8 nitrogen and oxygen atoms in total. The monoisotopic (exact) mass is 392 g/mol. The van der Waals surface area contributed by atoms with E-state index in [1.54, 1.807) is 12.3 Å². The molecule has 3 aromatic rings. The summed E-state index contributed by atoms with van der Waals surface area (Å²) in [5.41, 5.74) is 7.20. The Labute approximate surface area is 168 Å². The zero-order valence-corrected chi connectivity index (χ0v) is 16.1. The molecule has 0 spiro atoms. The molecular formula is C21H24N6O2. The molecule has 5 N–H and O–H groups in total. The van der Waals surface area contributed by atoms with Gasteiger partial charge in [0.05, 0.1) is 17.6 Å². The van der Waals surface area contributed by atoms with E-state index in [4.69, 9.17) is 5.73 Å². The number of imidazole rings is 1. The summed E-state index contributed by atoms with van der Waals surface area (Å²) >= 11 is 0. The third kappa shape index (κ3) is 4.16. The lowest BCUT2D eigenvalue weighted by Gasteiger charge is -2.26. The summed E-state index contributed by atoms with van der Waals surface area (Å²) in [5.74, 6) is 7.47. The number of nitrogen functional groups attached to an aromatic ring is 1. The standard InChI is InChI=1S/C21H24N6O2/c22-19-23-11-7-18(26-19)27-17-14-15(6-10-21(29)8-2-1-3-9-21)4-5-16(17)25-20(27)24-12-13-28/h4-5,7,11,14,28-29H,1-3,8-9,12-13H2,(H,24,25)(H2,22,23,26). The number of fused-ring (bicyclic) bond motifs is 1. The van der Waals surface area contributed by atoms with E-state index < -0.39 is 5.60 Å². The van der Waals surface area contributed by atoms with Crippen molar-refractivity contribution in [1.29, 1.82) is 0 Å². The van der Waals surface area contributed by atoms with Crippen LogP contribution in [0.4, 0.5) is 11.9 Å². The number of hydrogen-bond acceptors (Lipinski definition) is 7. The van der Waals surface area contributed by atoms with E-state index >= 15 is 0 Å². The first-order chi connectivity index (χ1) is 14.1. The van der Waals surface area contributed by atoms with Crippen molar-refractivity contribution >= 4 is 22.9 Å². The van der Waals surface area contributed by atoms with E-state index in [0.717, 1.165) is 48.7 Å². The quantitative estimate of drug-likeness (QED) is 0.500. The SMILES string of the molecule is Nc1nccc(-n2c(NCCO)nc3ccc(C#CC4(O)CCCCC4)cc32)n1. The maximum absolute atomic E-state index is 10.7. The Morgan fingerprint density at radius 1 is 1.17 bits per heavy atom. The molecule has 150 valence electrons. The van der Waals surface area contributed by atoms with Gasteiger partial charge in [-0.3, -0.25) is 4.57 Å².